The third kappa shape index (κ3) is 6.29. The summed E-state index contributed by atoms with van der Waals surface area (Å²) in [7, 11) is 0. The summed E-state index contributed by atoms with van der Waals surface area (Å²) in [6, 6.07) is 22.2. The molecule has 7 nitrogen and oxygen atoms in total. The van der Waals surface area contributed by atoms with E-state index in [0.717, 1.165) is 15.8 Å². The Labute approximate surface area is 212 Å². The molecule has 4 rings (SSSR count). The number of benzene rings is 3. The maximum atomic E-state index is 12.9. The predicted molar refractivity (Wildman–Crippen MR) is 137 cm³/mol. The van der Waals surface area contributed by atoms with Crippen LogP contribution < -0.4 is 19.9 Å². The average molecular weight is 537 g/mol. The van der Waals surface area contributed by atoms with Crippen LogP contribution in [0.4, 0.5) is 5.69 Å². The SMILES string of the molecule is Cc1ccccc1OCCOCCOc1ccc(Br)cc1C=C1C(=O)NN(c2ccccc2)C1=O. The van der Waals surface area contributed by atoms with E-state index in [1.165, 1.54) is 11.1 Å². The number of amides is 2. The summed E-state index contributed by atoms with van der Waals surface area (Å²) < 4.78 is 18.0. The molecule has 1 aliphatic rings. The van der Waals surface area contributed by atoms with Crippen LogP contribution in [-0.4, -0.2) is 38.2 Å². The van der Waals surface area contributed by atoms with Crippen LogP contribution >= 0.6 is 15.9 Å². The van der Waals surface area contributed by atoms with Crippen LogP contribution in [-0.2, 0) is 14.3 Å². The Hall–Kier alpha value is -3.62. The maximum absolute atomic E-state index is 12.9. The largest absolute Gasteiger partial charge is 0.491 e. The summed E-state index contributed by atoms with van der Waals surface area (Å²) in [5.41, 5.74) is 4.90. The first kappa shape index (κ1) is 24.5. The van der Waals surface area contributed by atoms with Crippen molar-refractivity contribution in [1.29, 1.82) is 0 Å². The summed E-state index contributed by atoms with van der Waals surface area (Å²) >= 11 is 3.44. The molecule has 0 bridgehead atoms. The molecule has 0 radical (unpaired) electrons. The zero-order valence-electron chi connectivity index (χ0n) is 19.2. The van der Waals surface area contributed by atoms with Crippen LogP contribution in [0.5, 0.6) is 11.5 Å². The van der Waals surface area contributed by atoms with Gasteiger partial charge in [0.25, 0.3) is 11.8 Å². The molecule has 0 saturated carbocycles. The molecule has 1 heterocycles. The Morgan fingerprint density at radius 2 is 1.54 bits per heavy atom. The second kappa shape index (κ2) is 11.7. The minimum atomic E-state index is -0.471. The molecule has 1 N–H and O–H groups in total. The van der Waals surface area contributed by atoms with Gasteiger partial charge >= 0.3 is 0 Å². The zero-order chi connectivity index (χ0) is 24.6. The van der Waals surface area contributed by atoms with Crippen LogP contribution in [0.3, 0.4) is 0 Å². The lowest BCUT2D eigenvalue weighted by Gasteiger charge is -2.14. The second-order valence-corrected chi connectivity index (χ2v) is 8.65. The van der Waals surface area contributed by atoms with Gasteiger partial charge in [0.15, 0.2) is 0 Å². The Kier molecular flexibility index (Phi) is 8.18. The number of carbonyl (C=O) groups excluding carboxylic acids is 2. The number of anilines is 1. The van der Waals surface area contributed by atoms with Crippen LogP contribution in [0.2, 0.25) is 0 Å². The van der Waals surface area contributed by atoms with E-state index < -0.39 is 11.8 Å². The summed E-state index contributed by atoms with van der Waals surface area (Å²) in [6.45, 7) is 3.54. The Morgan fingerprint density at radius 3 is 2.29 bits per heavy atom. The van der Waals surface area contributed by atoms with Crippen molar-refractivity contribution < 1.29 is 23.8 Å². The average Bonchev–Trinajstić information content (AvgIpc) is 3.14. The normalized spacial score (nSPS) is 14.3. The van der Waals surface area contributed by atoms with Crippen molar-refractivity contribution in [1.82, 2.24) is 5.43 Å². The number of hydrazine groups is 1. The lowest BCUT2D eigenvalue weighted by atomic mass is 10.1. The molecule has 1 fully saturated rings. The molecule has 3 aromatic carbocycles. The standard InChI is InChI=1S/C27H25BrN2O5/c1-19-7-5-6-10-24(19)34-15-13-33-14-16-35-25-12-11-21(28)17-20(25)18-23-26(31)29-30(27(23)32)22-8-3-2-4-9-22/h2-12,17-18H,13-16H2,1H3,(H,29,31). The summed E-state index contributed by atoms with van der Waals surface area (Å²) in [4.78, 5) is 25.4. The fraction of sp³-hybridized carbons (Fsp3) is 0.185. The van der Waals surface area contributed by atoms with Crippen molar-refractivity contribution in [3.05, 3.63) is 94.0 Å². The van der Waals surface area contributed by atoms with Gasteiger partial charge in [0.2, 0.25) is 0 Å². The van der Waals surface area contributed by atoms with Crippen LogP contribution in [0.25, 0.3) is 6.08 Å². The van der Waals surface area contributed by atoms with E-state index in [2.05, 4.69) is 21.4 Å². The topological polar surface area (TPSA) is 77.1 Å². The minimum Gasteiger partial charge on any atom is -0.491 e. The number of aryl methyl sites for hydroxylation is 1. The monoisotopic (exact) mass is 536 g/mol. The van der Waals surface area contributed by atoms with Gasteiger partial charge in [0.1, 0.15) is 30.3 Å². The fourth-order valence-electron chi connectivity index (χ4n) is 3.48. The third-order valence-electron chi connectivity index (χ3n) is 5.24. The quantitative estimate of drug-likeness (QED) is 0.231. The number of hydrogen-bond acceptors (Lipinski definition) is 5. The van der Waals surface area contributed by atoms with Crippen molar-refractivity contribution in [2.45, 2.75) is 6.92 Å². The number of nitrogens with one attached hydrogen (secondary N) is 1. The Morgan fingerprint density at radius 1 is 0.857 bits per heavy atom. The van der Waals surface area contributed by atoms with Crippen LogP contribution in [0, 0.1) is 6.92 Å². The van der Waals surface area contributed by atoms with Crippen LogP contribution in [0.15, 0.2) is 82.8 Å². The van der Waals surface area contributed by atoms with Gasteiger partial charge in [-0.05, 0) is 55.0 Å². The molecule has 0 aromatic heterocycles. The first-order chi connectivity index (χ1) is 17.0. The van der Waals surface area contributed by atoms with Crippen molar-refractivity contribution in [2.24, 2.45) is 0 Å². The smallest absolute Gasteiger partial charge is 0.282 e. The molecule has 0 spiro atoms. The molecule has 0 aliphatic carbocycles. The second-order valence-electron chi connectivity index (χ2n) is 7.73. The number of hydrogen-bond donors (Lipinski definition) is 1. The molecule has 180 valence electrons. The van der Waals surface area contributed by atoms with E-state index >= 15 is 0 Å². The van der Waals surface area contributed by atoms with E-state index in [0.29, 0.717) is 43.4 Å². The summed E-state index contributed by atoms with van der Waals surface area (Å²) in [6.07, 6.45) is 1.54. The van der Waals surface area contributed by atoms with Gasteiger partial charge in [-0.2, -0.15) is 0 Å². The molecule has 2 amide bonds. The Balaban J connectivity index is 1.33. The number of ether oxygens (including phenoxy) is 3. The first-order valence-corrected chi connectivity index (χ1v) is 11.9. The van der Waals surface area contributed by atoms with E-state index in [1.54, 1.807) is 36.4 Å². The van der Waals surface area contributed by atoms with Gasteiger partial charge in [0.05, 0.1) is 18.9 Å². The van der Waals surface area contributed by atoms with Gasteiger partial charge < -0.3 is 14.2 Å². The van der Waals surface area contributed by atoms with Crippen molar-refractivity contribution in [3.63, 3.8) is 0 Å². The molecule has 0 atom stereocenters. The van der Waals surface area contributed by atoms with E-state index in [9.17, 15) is 9.59 Å². The van der Waals surface area contributed by atoms with Gasteiger partial charge in [-0.15, -0.1) is 0 Å². The molecule has 3 aromatic rings. The molecular formula is C27H25BrN2O5. The Bertz CT molecular complexity index is 1230. The number of carbonyl (C=O) groups is 2. The lowest BCUT2D eigenvalue weighted by molar-refractivity contribution is -0.117. The molecule has 8 heteroatoms. The molecule has 1 saturated heterocycles. The number of rotatable bonds is 10. The van der Waals surface area contributed by atoms with Crippen molar-refractivity contribution in [3.8, 4) is 11.5 Å². The fourth-order valence-corrected chi connectivity index (χ4v) is 3.86. The van der Waals surface area contributed by atoms with Gasteiger partial charge in [-0.1, -0.05) is 52.3 Å². The van der Waals surface area contributed by atoms with E-state index in [-0.39, 0.29) is 5.57 Å². The third-order valence-corrected chi connectivity index (χ3v) is 5.73. The van der Waals surface area contributed by atoms with E-state index in [1.807, 2.05) is 43.3 Å². The van der Waals surface area contributed by atoms with Gasteiger partial charge in [0, 0.05) is 10.0 Å². The minimum absolute atomic E-state index is 0.0291. The van der Waals surface area contributed by atoms with Crippen LogP contribution in [0.1, 0.15) is 11.1 Å². The molecule has 0 unspecified atom stereocenters. The van der Waals surface area contributed by atoms with E-state index in [4.69, 9.17) is 14.2 Å². The molecule has 1 aliphatic heterocycles. The highest BCUT2D eigenvalue weighted by molar-refractivity contribution is 9.10. The lowest BCUT2D eigenvalue weighted by Crippen LogP contribution is -2.35. The number of halogens is 1. The first-order valence-electron chi connectivity index (χ1n) is 11.1. The maximum Gasteiger partial charge on any atom is 0.282 e. The van der Waals surface area contributed by atoms with Crippen molar-refractivity contribution >= 4 is 39.5 Å². The molecule has 35 heavy (non-hydrogen) atoms. The summed E-state index contributed by atoms with van der Waals surface area (Å²) in [5, 5.41) is 1.24. The van der Waals surface area contributed by atoms with Gasteiger partial charge in [-0.3, -0.25) is 15.0 Å². The van der Waals surface area contributed by atoms with Crippen molar-refractivity contribution in [2.75, 3.05) is 31.4 Å². The van der Waals surface area contributed by atoms with Gasteiger partial charge in [-0.25, -0.2) is 5.01 Å². The number of para-hydroxylation sites is 2. The highest BCUT2D eigenvalue weighted by atomic mass is 79.9. The highest BCUT2D eigenvalue weighted by Gasteiger charge is 2.34. The predicted octanol–water partition coefficient (Wildman–Crippen LogP) is 4.69. The molecular weight excluding hydrogens is 512 g/mol. The summed E-state index contributed by atoms with van der Waals surface area (Å²) in [5.74, 6) is 0.487. The highest BCUT2D eigenvalue weighted by Crippen LogP contribution is 2.28. The zero-order valence-corrected chi connectivity index (χ0v) is 20.8. The number of nitrogens with zero attached hydrogens (tertiary/aromatic N) is 1.